The Morgan fingerprint density at radius 1 is 0.938 bits per heavy atom. The Morgan fingerprint density at radius 2 is 1.62 bits per heavy atom. The molecule has 1 aliphatic rings. The van der Waals surface area contributed by atoms with Crippen LogP contribution in [-0.2, 0) is 0 Å². The molecule has 1 heterocycles. The monoisotopic (exact) mass is 211 g/mol. The van der Waals surface area contributed by atoms with Gasteiger partial charge in [0.15, 0.2) is 5.75 Å². The number of rotatable bonds is 0. The number of anilines is 1. The molecule has 0 aliphatic carbocycles. The average Bonchev–Trinajstić information content (AvgIpc) is 2.45. The summed E-state index contributed by atoms with van der Waals surface area (Å²) in [5, 5.41) is 3.45. The lowest BCUT2D eigenvalue weighted by atomic mass is 10.1. The Bertz CT molecular complexity index is 522. The van der Waals surface area contributed by atoms with Gasteiger partial charge in [0, 0.05) is 5.56 Å². The standard InChI is InChI=1S/C14H13NO/c1-10-11-6-2-4-8-13(11)16-14-9-5-3-7-12(14)15-10/h2-10,15H,1H3/t10-/m1/s1. The van der Waals surface area contributed by atoms with E-state index in [1.165, 1.54) is 5.56 Å². The van der Waals surface area contributed by atoms with E-state index in [9.17, 15) is 0 Å². The van der Waals surface area contributed by atoms with E-state index >= 15 is 0 Å². The van der Waals surface area contributed by atoms with Crippen LogP contribution in [0, 0.1) is 0 Å². The fourth-order valence-corrected chi connectivity index (χ4v) is 2.04. The van der Waals surface area contributed by atoms with E-state index in [1.54, 1.807) is 0 Å². The summed E-state index contributed by atoms with van der Waals surface area (Å²) in [6.45, 7) is 2.14. The third kappa shape index (κ3) is 1.43. The van der Waals surface area contributed by atoms with Gasteiger partial charge < -0.3 is 10.1 Å². The number of nitrogens with one attached hydrogen (secondary N) is 1. The second-order valence-corrected chi connectivity index (χ2v) is 4.00. The molecule has 1 atom stereocenters. The molecule has 0 unspecified atom stereocenters. The molecule has 2 aromatic carbocycles. The molecular weight excluding hydrogens is 198 g/mol. The number of benzene rings is 2. The van der Waals surface area contributed by atoms with Crippen molar-refractivity contribution in [1.82, 2.24) is 0 Å². The number of para-hydroxylation sites is 3. The minimum absolute atomic E-state index is 0.264. The van der Waals surface area contributed by atoms with E-state index in [4.69, 9.17) is 4.74 Å². The summed E-state index contributed by atoms with van der Waals surface area (Å²) in [6.07, 6.45) is 0. The lowest BCUT2D eigenvalue weighted by molar-refractivity contribution is 0.482. The van der Waals surface area contributed by atoms with Crippen molar-refractivity contribution in [2.75, 3.05) is 5.32 Å². The van der Waals surface area contributed by atoms with Gasteiger partial charge in [-0.05, 0) is 25.1 Å². The highest BCUT2D eigenvalue weighted by Crippen LogP contribution is 2.39. The van der Waals surface area contributed by atoms with Crippen LogP contribution in [0.2, 0.25) is 0 Å². The van der Waals surface area contributed by atoms with Crippen molar-refractivity contribution >= 4 is 5.69 Å². The van der Waals surface area contributed by atoms with E-state index in [2.05, 4.69) is 18.3 Å². The first-order valence-corrected chi connectivity index (χ1v) is 5.47. The van der Waals surface area contributed by atoms with Gasteiger partial charge in [0.1, 0.15) is 5.75 Å². The van der Waals surface area contributed by atoms with E-state index < -0.39 is 0 Å². The largest absolute Gasteiger partial charge is 0.455 e. The van der Waals surface area contributed by atoms with Gasteiger partial charge in [0.2, 0.25) is 0 Å². The zero-order valence-corrected chi connectivity index (χ0v) is 9.10. The number of hydrogen-bond donors (Lipinski definition) is 1. The van der Waals surface area contributed by atoms with Crippen molar-refractivity contribution in [3.8, 4) is 11.5 Å². The predicted octanol–water partition coefficient (Wildman–Crippen LogP) is 3.97. The van der Waals surface area contributed by atoms with Crippen molar-refractivity contribution in [2.45, 2.75) is 13.0 Å². The predicted molar refractivity (Wildman–Crippen MR) is 65.0 cm³/mol. The SMILES string of the molecule is C[C@H]1Nc2ccccc2Oc2ccccc21. The Kier molecular flexibility index (Phi) is 2.07. The number of ether oxygens (including phenoxy) is 1. The van der Waals surface area contributed by atoms with Crippen LogP contribution in [0.15, 0.2) is 48.5 Å². The summed E-state index contributed by atoms with van der Waals surface area (Å²) in [5.41, 5.74) is 2.24. The second kappa shape index (κ2) is 3.56. The molecule has 3 rings (SSSR count). The lowest BCUT2D eigenvalue weighted by Gasteiger charge is -2.12. The Balaban J connectivity index is 2.15. The van der Waals surface area contributed by atoms with E-state index in [1.807, 2.05) is 42.5 Å². The molecule has 16 heavy (non-hydrogen) atoms. The summed E-state index contributed by atoms with van der Waals surface area (Å²) in [4.78, 5) is 0. The zero-order chi connectivity index (χ0) is 11.0. The van der Waals surface area contributed by atoms with Crippen molar-refractivity contribution in [2.24, 2.45) is 0 Å². The Morgan fingerprint density at radius 3 is 2.50 bits per heavy atom. The normalized spacial score (nSPS) is 17.4. The van der Waals surface area contributed by atoms with Crippen molar-refractivity contribution in [1.29, 1.82) is 0 Å². The van der Waals surface area contributed by atoms with E-state index in [0.29, 0.717) is 0 Å². The molecule has 80 valence electrons. The van der Waals surface area contributed by atoms with Crippen LogP contribution in [0.5, 0.6) is 11.5 Å². The topological polar surface area (TPSA) is 21.3 Å². The summed E-state index contributed by atoms with van der Waals surface area (Å²) in [6, 6.07) is 16.4. The van der Waals surface area contributed by atoms with E-state index in [0.717, 1.165) is 17.2 Å². The molecular formula is C14H13NO. The first-order valence-electron chi connectivity index (χ1n) is 5.47. The lowest BCUT2D eigenvalue weighted by Crippen LogP contribution is -2.04. The molecule has 0 bridgehead atoms. The highest BCUT2D eigenvalue weighted by atomic mass is 16.5. The maximum atomic E-state index is 5.91. The van der Waals surface area contributed by atoms with Crippen molar-refractivity contribution in [3.05, 3.63) is 54.1 Å². The summed E-state index contributed by atoms with van der Waals surface area (Å²) < 4.78 is 5.91. The molecule has 1 aliphatic heterocycles. The minimum atomic E-state index is 0.264. The fourth-order valence-electron chi connectivity index (χ4n) is 2.04. The number of fused-ring (bicyclic) bond motifs is 2. The van der Waals surface area contributed by atoms with Gasteiger partial charge in [-0.15, -0.1) is 0 Å². The van der Waals surface area contributed by atoms with E-state index in [-0.39, 0.29) is 6.04 Å². The minimum Gasteiger partial charge on any atom is -0.455 e. The quantitative estimate of drug-likeness (QED) is 0.712. The molecule has 0 radical (unpaired) electrons. The van der Waals surface area contributed by atoms with Crippen LogP contribution in [0.4, 0.5) is 5.69 Å². The molecule has 0 saturated carbocycles. The van der Waals surface area contributed by atoms with Crippen LogP contribution in [0.3, 0.4) is 0 Å². The van der Waals surface area contributed by atoms with Gasteiger partial charge in [0.25, 0.3) is 0 Å². The highest BCUT2D eigenvalue weighted by molar-refractivity contribution is 5.61. The molecule has 0 saturated heterocycles. The first-order chi connectivity index (χ1) is 7.84. The molecule has 0 amide bonds. The smallest absolute Gasteiger partial charge is 0.150 e. The molecule has 2 aromatic rings. The maximum Gasteiger partial charge on any atom is 0.150 e. The fraction of sp³-hybridized carbons (Fsp3) is 0.143. The van der Waals surface area contributed by atoms with Gasteiger partial charge in [-0.1, -0.05) is 30.3 Å². The molecule has 0 fully saturated rings. The Labute approximate surface area is 94.9 Å². The van der Waals surface area contributed by atoms with Crippen LogP contribution < -0.4 is 10.1 Å². The summed E-state index contributed by atoms with van der Waals surface area (Å²) >= 11 is 0. The third-order valence-electron chi connectivity index (χ3n) is 2.86. The van der Waals surface area contributed by atoms with Crippen LogP contribution >= 0.6 is 0 Å². The Hall–Kier alpha value is -1.96. The van der Waals surface area contributed by atoms with Crippen LogP contribution in [0.1, 0.15) is 18.5 Å². The molecule has 2 nitrogen and oxygen atoms in total. The highest BCUT2D eigenvalue weighted by Gasteiger charge is 2.18. The van der Waals surface area contributed by atoms with Crippen LogP contribution in [-0.4, -0.2) is 0 Å². The van der Waals surface area contributed by atoms with Crippen molar-refractivity contribution < 1.29 is 4.74 Å². The second-order valence-electron chi connectivity index (χ2n) is 4.00. The summed E-state index contributed by atoms with van der Waals surface area (Å²) in [7, 11) is 0. The van der Waals surface area contributed by atoms with Gasteiger partial charge in [-0.25, -0.2) is 0 Å². The van der Waals surface area contributed by atoms with Crippen molar-refractivity contribution in [3.63, 3.8) is 0 Å². The molecule has 0 aromatic heterocycles. The molecule has 1 N–H and O–H groups in total. The van der Waals surface area contributed by atoms with Gasteiger partial charge in [-0.3, -0.25) is 0 Å². The third-order valence-corrected chi connectivity index (χ3v) is 2.86. The van der Waals surface area contributed by atoms with Crippen LogP contribution in [0.25, 0.3) is 0 Å². The molecule has 0 spiro atoms. The zero-order valence-electron chi connectivity index (χ0n) is 9.10. The maximum absolute atomic E-state index is 5.91. The molecule has 2 heteroatoms. The van der Waals surface area contributed by atoms with Gasteiger partial charge in [-0.2, -0.15) is 0 Å². The van der Waals surface area contributed by atoms with Gasteiger partial charge >= 0.3 is 0 Å². The number of hydrogen-bond acceptors (Lipinski definition) is 2. The average molecular weight is 211 g/mol. The summed E-state index contributed by atoms with van der Waals surface area (Å²) in [5.74, 6) is 1.83. The first kappa shape index (κ1) is 9.28. The van der Waals surface area contributed by atoms with Gasteiger partial charge in [0.05, 0.1) is 11.7 Å².